The van der Waals surface area contributed by atoms with Gasteiger partial charge in [-0.05, 0) is 75.9 Å². The number of hydrogen-bond acceptors (Lipinski definition) is 5. The number of halogens is 1. The molecule has 4 aromatic carbocycles. The van der Waals surface area contributed by atoms with Crippen molar-refractivity contribution >= 4 is 38.8 Å². The monoisotopic (exact) mass is 532 g/mol. The van der Waals surface area contributed by atoms with E-state index in [0.717, 1.165) is 16.3 Å². The van der Waals surface area contributed by atoms with Crippen LogP contribution in [-0.2, 0) is 6.61 Å². The van der Waals surface area contributed by atoms with E-state index in [2.05, 4.69) is 32.5 Å². The lowest BCUT2D eigenvalue weighted by atomic mass is 10.1. The van der Waals surface area contributed by atoms with E-state index in [1.165, 1.54) is 11.8 Å². The largest absolute Gasteiger partial charge is 0.507 e. The molecule has 6 nitrogen and oxygen atoms in total. The van der Waals surface area contributed by atoms with Gasteiger partial charge in [0.15, 0.2) is 11.5 Å². The van der Waals surface area contributed by atoms with Crippen LogP contribution in [0.5, 0.6) is 17.2 Å². The molecule has 0 heterocycles. The number of nitrogens with one attached hydrogen (secondary N) is 1. The summed E-state index contributed by atoms with van der Waals surface area (Å²) in [5, 5.41) is 16.0. The number of aromatic hydroxyl groups is 1. The Labute approximate surface area is 212 Å². The molecule has 35 heavy (non-hydrogen) atoms. The van der Waals surface area contributed by atoms with E-state index >= 15 is 0 Å². The predicted molar refractivity (Wildman–Crippen MR) is 141 cm³/mol. The maximum atomic E-state index is 12.6. The van der Waals surface area contributed by atoms with Crippen molar-refractivity contribution in [3.63, 3.8) is 0 Å². The van der Waals surface area contributed by atoms with Gasteiger partial charge in [-0.15, -0.1) is 0 Å². The van der Waals surface area contributed by atoms with Crippen LogP contribution >= 0.6 is 15.9 Å². The number of hydrazone groups is 1. The van der Waals surface area contributed by atoms with Crippen molar-refractivity contribution in [2.75, 3.05) is 6.61 Å². The fourth-order valence-electron chi connectivity index (χ4n) is 3.66. The number of hydrogen-bond donors (Lipinski definition) is 2. The first-order valence-electron chi connectivity index (χ1n) is 11.1. The van der Waals surface area contributed by atoms with Crippen molar-refractivity contribution in [2.24, 2.45) is 5.10 Å². The van der Waals surface area contributed by atoms with Crippen LogP contribution in [0.25, 0.3) is 10.8 Å². The molecule has 0 atom stereocenters. The Bertz CT molecular complexity index is 1400. The topological polar surface area (TPSA) is 80.2 Å². The fraction of sp³-hybridized carbons (Fsp3) is 0.143. The molecule has 178 valence electrons. The molecule has 0 aliphatic rings. The van der Waals surface area contributed by atoms with Crippen molar-refractivity contribution in [2.45, 2.75) is 20.5 Å². The maximum absolute atomic E-state index is 12.6. The number of carbonyl (C=O) groups excluding carboxylic acids is 1. The van der Waals surface area contributed by atoms with E-state index in [1.54, 1.807) is 18.2 Å². The molecule has 0 aromatic heterocycles. The normalized spacial score (nSPS) is 11.1. The highest BCUT2D eigenvalue weighted by Gasteiger charge is 2.14. The van der Waals surface area contributed by atoms with Gasteiger partial charge < -0.3 is 14.6 Å². The van der Waals surface area contributed by atoms with Crippen molar-refractivity contribution < 1.29 is 19.4 Å². The first-order chi connectivity index (χ1) is 16.9. The smallest absolute Gasteiger partial charge is 0.275 e. The SMILES string of the molecule is CCOc1cc(C=NNC(=O)c2cc3ccccc3cc2O)cc(Br)c1OCc1cccc(C)c1. The zero-order chi connectivity index (χ0) is 24.8. The van der Waals surface area contributed by atoms with Gasteiger partial charge in [-0.3, -0.25) is 4.79 Å². The lowest BCUT2D eigenvalue weighted by Gasteiger charge is -2.15. The lowest BCUT2D eigenvalue weighted by molar-refractivity contribution is 0.0952. The molecule has 0 aliphatic carbocycles. The number of rotatable bonds is 8. The van der Waals surface area contributed by atoms with E-state index < -0.39 is 5.91 Å². The Morgan fingerprint density at radius 2 is 1.80 bits per heavy atom. The van der Waals surface area contributed by atoms with Gasteiger partial charge in [0, 0.05) is 0 Å². The molecule has 0 saturated carbocycles. The summed E-state index contributed by atoms with van der Waals surface area (Å²) < 4.78 is 12.5. The molecule has 2 N–H and O–H groups in total. The zero-order valence-corrected chi connectivity index (χ0v) is 21.0. The number of benzene rings is 4. The van der Waals surface area contributed by atoms with Crippen molar-refractivity contribution in [3.8, 4) is 17.2 Å². The third kappa shape index (κ3) is 6.00. The minimum absolute atomic E-state index is 0.104. The maximum Gasteiger partial charge on any atom is 0.275 e. The summed E-state index contributed by atoms with van der Waals surface area (Å²) in [4.78, 5) is 12.6. The second-order valence-electron chi connectivity index (χ2n) is 7.96. The molecular formula is C28H25BrN2O4. The van der Waals surface area contributed by atoms with Gasteiger partial charge in [-0.1, -0.05) is 54.1 Å². The molecule has 0 fully saturated rings. The van der Waals surface area contributed by atoms with Crippen molar-refractivity contribution in [3.05, 3.63) is 99.5 Å². The van der Waals surface area contributed by atoms with E-state index in [4.69, 9.17) is 9.47 Å². The van der Waals surface area contributed by atoms with Crippen LogP contribution in [0.2, 0.25) is 0 Å². The summed E-state index contributed by atoms with van der Waals surface area (Å²) in [6.07, 6.45) is 1.51. The van der Waals surface area contributed by atoms with Crippen molar-refractivity contribution in [1.29, 1.82) is 0 Å². The Kier molecular flexibility index (Phi) is 7.67. The highest BCUT2D eigenvalue weighted by Crippen LogP contribution is 2.37. The van der Waals surface area contributed by atoms with E-state index in [9.17, 15) is 9.90 Å². The standard InChI is InChI=1S/C28H25BrN2O4/c1-3-34-26-13-20(12-24(29)27(26)35-17-19-8-6-7-18(2)11-19)16-30-31-28(33)23-14-21-9-4-5-10-22(21)15-25(23)32/h4-16,32H,3,17H2,1-2H3,(H,31,33). The van der Waals surface area contributed by atoms with Crippen LogP contribution in [0, 0.1) is 6.92 Å². The van der Waals surface area contributed by atoms with Gasteiger partial charge in [-0.2, -0.15) is 5.10 Å². The average molecular weight is 533 g/mol. The average Bonchev–Trinajstić information content (AvgIpc) is 2.83. The number of carbonyl (C=O) groups is 1. The molecular weight excluding hydrogens is 508 g/mol. The second-order valence-corrected chi connectivity index (χ2v) is 8.81. The summed E-state index contributed by atoms with van der Waals surface area (Å²) in [6, 6.07) is 22.5. The van der Waals surface area contributed by atoms with Gasteiger partial charge >= 0.3 is 0 Å². The van der Waals surface area contributed by atoms with Crippen LogP contribution in [-0.4, -0.2) is 23.8 Å². The van der Waals surface area contributed by atoms with Crippen LogP contribution in [0.1, 0.15) is 34.0 Å². The lowest BCUT2D eigenvalue weighted by Crippen LogP contribution is -2.17. The molecule has 4 aromatic rings. The summed E-state index contributed by atoms with van der Waals surface area (Å²) in [7, 11) is 0. The number of phenols is 1. The molecule has 1 amide bonds. The number of phenolic OH excluding ortho intramolecular Hbond substituents is 1. The zero-order valence-electron chi connectivity index (χ0n) is 19.4. The Hall–Kier alpha value is -3.84. The van der Waals surface area contributed by atoms with Gasteiger partial charge in [0.2, 0.25) is 0 Å². The first kappa shape index (κ1) is 24.3. The molecule has 0 spiro atoms. The number of aryl methyl sites for hydroxylation is 1. The highest BCUT2D eigenvalue weighted by atomic mass is 79.9. The minimum Gasteiger partial charge on any atom is -0.507 e. The summed E-state index contributed by atoms with van der Waals surface area (Å²) in [5.41, 5.74) is 5.55. The van der Waals surface area contributed by atoms with Gasteiger partial charge in [0.05, 0.1) is 22.9 Å². The molecule has 4 rings (SSSR count). The Morgan fingerprint density at radius 3 is 2.54 bits per heavy atom. The van der Waals surface area contributed by atoms with Gasteiger partial charge in [0.25, 0.3) is 5.91 Å². The predicted octanol–water partition coefficient (Wildman–Crippen LogP) is 6.36. The van der Waals surface area contributed by atoms with E-state index in [-0.39, 0.29) is 11.3 Å². The van der Waals surface area contributed by atoms with Crippen LogP contribution in [0.15, 0.2) is 82.4 Å². The van der Waals surface area contributed by atoms with Gasteiger partial charge in [-0.25, -0.2) is 5.43 Å². The molecule has 0 radical (unpaired) electrons. The summed E-state index contributed by atoms with van der Waals surface area (Å²) in [6.45, 7) is 4.81. The molecule has 7 heteroatoms. The molecule has 0 saturated heterocycles. The second kappa shape index (κ2) is 11.1. The molecule has 0 aliphatic heterocycles. The third-order valence-electron chi connectivity index (χ3n) is 5.29. The van der Waals surface area contributed by atoms with E-state index in [0.29, 0.717) is 34.7 Å². The highest BCUT2D eigenvalue weighted by molar-refractivity contribution is 9.10. The quantitative estimate of drug-likeness (QED) is 0.204. The Morgan fingerprint density at radius 1 is 1.03 bits per heavy atom. The van der Waals surface area contributed by atoms with Crippen molar-refractivity contribution in [1.82, 2.24) is 5.43 Å². The van der Waals surface area contributed by atoms with Crippen LogP contribution in [0.3, 0.4) is 0 Å². The Balaban J connectivity index is 1.49. The number of nitrogens with zero attached hydrogens (tertiary/aromatic N) is 1. The van der Waals surface area contributed by atoms with Gasteiger partial charge in [0.1, 0.15) is 12.4 Å². The molecule has 0 bridgehead atoms. The number of amides is 1. The number of ether oxygens (including phenoxy) is 2. The first-order valence-corrected chi connectivity index (χ1v) is 11.9. The van der Waals surface area contributed by atoms with Crippen LogP contribution < -0.4 is 14.9 Å². The summed E-state index contributed by atoms with van der Waals surface area (Å²) >= 11 is 3.56. The fourth-order valence-corrected chi connectivity index (χ4v) is 4.23. The molecule has 0 unspecified atom stereocenters. The number of fused-ring (bicyclic) bond motifs is 1. The minimum atomic E-state index is -0.508. The summed E-state index contributed by atoms with van der Waals surface area (Å²) in [5.74, 6) is 0.546. The third-order valence-corrected chi connectivity index (χ3v) is 5.87. The van der Waals surface area contributed by atoms with Crippen LogP contribution in [0.4, 0.5) is 0 Å². The van der Waals surface area contributed by atoms with E-state index in [1.807, 2.05) is 62.4 Å².